The maximum atomic E-state index is 6.11. The molecular weight excluding hydrogens is 238 g/mol. The number of ether oxygens (including phenoxy) is 2. The number of pyridine rings is 1. The first-order valence-electron chi connectivity index (χ1n) is 5.40. The lowest BCUT2D eigenvalue weighted by atomic mass is 10.1. The Morgan fingerprint density at radius 3 is 2.76 bits per heavy atom. The molecule has 2 rings (SSSR count). The SMILES string of the molecule is COCCOc1ccc2c(Cl)ccc(C)c2n1. The fourth-order valence-electron chi connectivity index (χ4n) is 1.61. The number of hydrogen-bond donors (Lipinski definition) is 0. The molecule has 1 aromatic carbocycles. The number of rotatable bonds is 4. The summed E-state index contributed by atoms with van der Waals surface area (Å²) in [6.07, 6.45) is 0. The first-order valence-corrected chi connectivity index (χ1v) is 5.78. The van der Waals surface area contributed by atoms with Crippen LogP contribution >= 0.6 is 11.6 Å². The van der Waals surface area contributed by atoms with Crippen LogP contribution in [-0.4, -0.2) is 25.3 Å². The molecule has 0 saturated carbocycles. The smallest absolute Gasteiger partial charge is 0.213 e. The summed E-state index contributed by atoms with van der Waals surface area (Å²) >= 11 is 6.11. The second-order valence-electron chi connectivity index (χ2n) is 3.75. The van der Waals surface area contributed by atoms with Crippen LogP contribution in [0, 0.1) is 6.92 Å². The first kappa shape index (κ1) is 12.1. The quantitative estimate of drug-likeness (QED) is 0.782. The summed E-state index contributed by atoms with van der Waals surface area (Å²) in [7, 11) is 1.64. The Hall–Kier alpha value is -1.32. The molecule has 0 bridgehead atoms. The minimum Gasteiger partial charge on any atom is -0.475 e. The van der Waals surface area contributed by atoms with Gasteiger partial charge in [0.15, 0.2) is 0 Å². The van der Waals surface area contributed by atoms with Crippen molar-refractivity contribution in [3.05, 3.63) is 34.9 Å². The van der Waals surface area contributed by atoms with Crippen LogP contribution in [0.2, 0.25) is 5.02 Å². The van der Waals surface area contributed by atoms with Crippen molar-refractivity contribution in [3.8, 4) is 5.88 Å². The molecule has 0 spiro atoms. The van der Waals surface area contributed by atoms with Gasteiger partial charge in [-0.2, -0.15) is 0 Å². The van der Waals surface area contributed by atoms with Crippen molar-refractivity contribution in [1.29, 1.82) is 0 Å². The van der Waals surface area contributed by atoms with Gasteiger partial charge in [-0.15, -0.1) is 0 Å². The highest BCUT2D eigenvalue weighted by atomic mass is 35.5. The molecule has 2 aromatic rings. The zero-order valence-electron chi connectivity index (χ0n) is 9.87. The van der Waals surface area contributed by atoms with Crippen LogP contribution in [0.5, 0.6) is 5.88 Å². The van der Waals surface area contributed by atoms with Crippen molar-refractivity contribution in [2.24, 2.45) is 0 Å². The number of aromatic nitrogens is 1. The third-order valence-corrected chi connectivity index (χ3v) is 2.85. The predicted molar refractivity (Wildman–Crippen MR) is 68.9 cm³/mol. The lowest BCUT2D eigenvalue weighted by Crippen LogP contribution is -2.05. The lowest BCUT2D eigenvalue weighted by molar-refractivity contribution is 0.144. The van der Waals surface area contributed by atoms with E-state index in [0.29, 0.717) is 24.1 Å². The van der Waals surface area contributed by atoms with Crippen molar-refractivity contribution < 1.29 is 9.47 Å². The van der Waals surface area contributed by atoms with E-state index in [-0.39, 0.29) is 0 Å². The zero-order chi connectivity index (χ0) is 12.3. The maximum Gasteiger partial charge on any atom is 0.213 e. The summed E-state index contributed by atoms with van der Waals surface area (Å²) in [6, 6.07) is 7.59. The van der Waals surface area contributed by atoms with Gasteiger partial charge in [0.05, 0.1) is 12.1 Å². The molecule has 0 saturated heterocycles. The van der Waals surface area contributed by atoms with Crippen LogP contribution in [0.4, 0.5) is 0 Å². The minimum atomic E-state index is 0.495. The molecule has 0 radical (unpaired) electrons. The average molecular weight is 252 g/mol. The van der Waals surface area contributed by atoms with E-state index in [1.807, 2.05) is 31.2 Å². The van der Waals surface area contributed by atoms with Gasteiger partial charge in [0.25, 0.3) is 0 Å². The Kier molecular flexibility index (Phi) is 3.82. The van der Waals surface area contributed by atoms with Crippen molar-refractivity contribution >= 4 is 22.5 Å². The lowest BCUT2D eigenvalue weighted by Gasteiger charge is -2.07. The van der Waals surface area contributed by atoms with Crippen LogP contribution in [0.1, 0.15) is 5.56 Å². The van der Waals surface area contributed by atoms with E-state index in [2.05, 4.69) is 4.98 Å². The zero-order valence-corrected chi connectivity index (χ0v) is 10.6. The topological polar surface area (TPSA) is 31.4 Å². The molecule has 90 valence electrons. The Bertz CT molecular complexity index is 528. The molecule has 0 amide bonds. The van der Waals surface area contributed by atoms with Gasteiger partial charge in [0, 0.05) is 23.6 Å². The predicted octanol–water partition coefficient (Wildman–Crippen LogP) is 3.22. The van der Waals surface area contributed by atoms with E-state index < -0.39 is 0 Å². The van der Waals surface area contributed by atoms with Crippen LogP contribution in [0.3, 0.4) is 0 Å². The maximum absolute atomic E-state index is 6.11. The number of benzene rings is 1. The van der Waals surface area contributed by atoms with Crippen LogP contribution in [0.15, 0.2) is 24.3 Å². The summed E-state index contributed by atoms with van der Waals surface area (Å²) in [5.74, 6) is 0.597. The average Bonchev–Trinajstić information content (AvgIpc) is 2.34. The Balaban J connectivity index is 2.33. The summed E-state index contributed by atoms with van der Waals surface area (Å²) in [5.41, 5.74) is 1.97. The van der Waals surface area contributed by atoms with Gasteiger partial charge in [-0.05, 0) is 24.6 Å². The number of methoxy groups -OCH3 is 1. The molecule has 1 heterocycles. The van der Waals surface area contributed by atoms with Crippen molar-refractivity contribution in [2.75, 3.05) is 20.3 Å². The van der Waals surface area contributed by atoms with Gasteiger partial charge in [0.1, 0.15) is 6.61 Å². The highest BCUT2D eigenvalue weighted by Crippen LogP contribution is 2.26. The van der Waals surface area contributed by atoms with Gasteiger partial charge in [-0.25, -0.2) is 4.98 Å². The Morgan fingerprint density at radius 1 is 1.18 bits per heavy atom. The molecule has 1 aromatic heterocycles. The number of nitrogens with zero attached hydrogens (tertiary/aromatic N) is 1. The van der Waals surface area contributed by atoms with Gasteiger partial charge in [-0.1, -0.05) is 17.7 Å². The highest BCUT2D eigenvalue weighted by molar-refractivity contribution is 6.35. The van der Waals surface area contributed by atoms with Gasteiger partial charge < -0.3 is 9.47 Å². The normalized spacial score (nSPS) is 10.8. The number of halogens is 1. The molecule has 0 N–H and O–H groups in total. The molecule has 4 heteroatoms. The van der Waals surface area contributed by atoms with Crippen molar-refractivity contribution in [1.82, 2.24) is 4.98 Å². The molecular formula is C13H14ClNO2. The molecule has 0 aliphatic carbocycles. The molecule has 0 fully saturated rings. The van der Waals surface area contributed by atoms with Gasteiger partial charge in [-0.3, -0.25) is 0 Å². The standard InChI is InChI=1S/C13H14ClNO2/c1-9-3-5-11(14)10-4-6-12(15-13(9)10)17-8-7-16-2/h3-6H,7-8H2,1-2H3. The monoisotopic (exact) mass is 251 g/mol. The van der Waals surface area contributed by atoms with E-state index in [9.17, 15) is 0 Å². The van der Waals surface area contributed by atoms with E-state index in [1.54, 1.807) is 7.11 Å². The van der Waals surface area contributed by atoms with Crippen LogP contribution < -0.4 is 4.74 Å². The highest BCUT2D eigenvalue weighted by Gasteiger charge is 2.05. The third kappa shape index (κ3) is 2.68. The van der Waals surface area contributed by atoms with Gasteiger partial charge >= 0.3 is 0 Å². The third-order valence-electron chi connectivity index (χ3n) is 2.52. The van der Waals surface area contributed by atoms with Gasteiger partial charge in [0.2, 0.25) is 5.88 Å². The van der Waals surface area contributed by atoms with Crippen LogP contribution in [0.25, 0.3) is 10.9 Å². The summed E-state index contributed by atoms with van der Waals surface area (Å²) in [4.78, 5) is 4.45. The first-order chi connectivity index (χ1) is 8.22. The molecule has 17 heavy (non-hydrogen) atoms. The largest absolute Gasteiger partial charge is 0.475 e. The van der Waals surface area contributed by atoms with E-state index >= 15 is 0 Å². The second-order valence-corrected chi connectivity index (χ2v) is 4.16. The molecule has 3 nitrogen and oxygen atoms in total. The Morgan fingerprint density at radius 2 is 2.00 bits per heavy atom. The van der Waals surface area contributed by atoms with Crippen molar-refractivity contribution in [2.45, 2.75) is 6.92 Å². The molecule has 0 aliphatic heterocycles. The second kappa shape index (κ2) is 5.34. The summed E-state index contributed by atoms with van der Waals surface area (Å²) < 4.78 is 10.4. The molecule has 0 atom stereocenters. The number of aryl methyl sites for hydroxylation is 1. The van der Waals surface area contributed by atoms with Crippen LogP contribution in [-0.2, 0) is 4.74 Å². The minimum absolute atomic E-state index is 0.495. The fourth-order valence-corrected chi connectivity index (χ4v) is 1.83. The summed E-state index contributed by atoms with van der Waals surface area (Å²) in [5, 5.41) is 1.66. The fraction of sp³-hybridized carbons (Fsp3) is 0.308. The Labute approximate surface area is 105 Å². The summed E-state index contributed by atoms with van der Waals surface area (Å²) in [6.45, 7) is 3.05. The van der Waals surface area contributed by atoms with E-state index in [0.717, 1.165) is 16.5 Å². The van der Waals surface area contributed by atoms with E-state index in [1.165, 1.54) is 0 Å². The number of hydrogen-bond acceptors (Lipinski definition) is 3. The van der Waals surface area contributed by atoms with E-state index in [4.69, 9.17) is 21.1 Å². The molecule has 0 unspecified atom stereocenters. The number of fused-ring (bicyclic) bond motifs is 1. The molecule has 0 aliphatic rings. The van der Waals surface area contributed by atoms with Crippen molar-refractivity contribution in [3.63, 3.8) is 0 Å².